The molecule has 0 rings (SSSR count). The van der Waals surface area contributed by atoms with Gasteiger partial charge in [-0.3, -0.25) is 0 Å². The van der Waals surface area contributed by atoms with Gasteiger partial charge in [-0.25, -0.2) is 4.39 Å². The molecule has 0 aliphatic carbocycles. The molecule has 0 heterocycles. The molecule has 0 bridgehead atoms. The normalized spacial score (nSPS) is 16.5. The monoisotopic (exact) mass is 634 g/mol. The van der Waals surface area contributed by atoms with Gasteiger partial charge in [-0.05, 0) is 6.42 Å². The average molecular weight is 634 g/mol. The van der Waals surface area contributed by atoms with E-state index in [1.807, 2.05) is 0 Å². The summed E-state index contributed by atoms with van der Waals surface area (Å²) in [6.45, 7) is 2.15. The molecular weight excluding hydrogens is 600 g/mol. The van der Waals surface area contributed by atoms with Crippen LogP contribution in [0.15, 0.2) is 0 Å². The molecular formula is C22H34F11I. The zero-order valence-electron chi connectivity index (χ0n) is 19.2. The minimum Gasteiger partial charge on any atom is -0.227 e. The van der Waals surface area contributed by atoms with Gasteiger partial charge >= 0.3 is 24.2 Å². The van der Waals surface area contributed by atoms with Crippen LogP contribution >= 0.6 is 22.6 Å². The van der Waals surface area contributed by atoms with Crippen LogP contribution in [0.5, 0.6) is 0 Å². The number of rotatable bonds is 18. The smallest absolute Gasteiger partial charge is 0.227 e. The number of unbranched alkanes of at least 4 members (excludes halogenated alkanes) is 12. The Hall–Kier alpha value is -0.0400. The SMILES string of the molecule is CCCCCCCCCCCCCCCC(I)CC(F)(C(F)(F)F)C(F)(F)C(F)(F)C(F)(F)F. The van der Waals surface area contributed by atoms with Crippen molar-refractivity contribution in [3.05, 3.63) is 0 Å². The van der Waals surface area contributed by atoms with Crippen molar-refractivity contribution >= 4 is 22.6 Å². The van der Waals surface area contributed by atoms with E-state index in [9.17, 15) is 48.3 Å². The Morgan fingerprint density at radius 2 is 0.853 bits per heavy atom. The maximum Gasteiger partial charge on any atom is 0.460 e. The third kappa shape index (κ3) is 9.78. The summed E-state index contributed by atoms with van der Waals surface area (Å²) < 4.78 is 143. The van der Waals surface area contributed by atoms with Crippen molar-refractivity contribution in [1.29, 1.82) is 0 Å². The summed E-state index contributed by atoms with van der Waals surface area (Å²) in [7, 11) is 0. The summed E-state index contributed by atoms with van der Waals surface area (Å²) >= 11 is 1.19. The van der Waals surface area contributed by atoms with Crippen LogP contribution in [0.4, 0.5) is 48.3 Å². The lowest BCUT2D eigenvalue weighted by molar-refractivity contribution is -0.412. The fourth-order valence-electron chi connectivity index (χ4n) is 3.64. The second-order valence-corrected chi connectivity index (χ2v) is 10.5. The third-order valence-electron chi connectivity index (χ3n) is 5.82. The zero-order valence-corrected chi connectivity index (χ0v) is 21.4. The van der Waals surface area contributed by atoms with Crippen LogP contribution in [-0.2, 0) is 0 Å². The van der Waals surface area contributed by atoms with E-state index in [1.165, 1.54) is 54.7 Å². The van der Waals surface area contributed by atoms with Crippen molar-refractivity contribution < 1.29 is 48.3 Å². The highest BCUT2D eigenvalue weighted by molar-refractivity contribution is 14.1. The molecule has 0 saturated carbocycles. The second-order valence-electron chi connectivity index (χ2n) is 8.78. The van der Waals surface area contributed by atoms with Gasteiger partial charge in [-0.15, -0.1) is 0 Å². The van der Waals surface area contributed by atoms with E-state index < -0.39 is 40.2 Å². The van der Waals surface area contributed by atoms with E-state index in [1.54, 1.807) is 0 Å². The predicted octanol–water partition coefficient (Wildman–Crippen LogP) is 10.8. The number of hydrogen-bond donors (Lipinski definition) is 0. The Bertz CT molecular complexity index is 546. The minimum atomic E-state index is -7.18. The highest BCUT2D eigenvalue weighted by Crippen LogP contribution is 2.59. The van der Waals surface area contributed by atoms with Gasteiger partial charge in [-0.1, -0.05) is 113 Å². The Kier molecular flexibility index (Phi) is 14.6. The molecule has 0 spiro atoms. The van der Waals surface area contributed by atoms with Gasteiger partial charge in [-0.2, -0.15) is 43.9 Å². The standard InChI is InChI=1S/C22H34F11I/c1-2-3-4-5-6-7-8-9-10-11-12-13-14-15-17(34)16-18(23,21(28,29)30)19(24,25)20(26,27)22(31,32)33/h17H,2-16H2,1H3. The van der Waals surface area contributed by atoms with E-state index in [0.717, 1.165) is 32.1 Å². The van der Waals surface area contributed by atoms with Crippen molar-refractivity contribution in [2.45, 2.75) is 137 Å². The first kappa shape index (κ1) is 34.0. The van der Waals surface area contributed by atoms with Crippen molar-refractivity contribution in [3.8, 4) is 0 Å². The summed E-state index contributed by atoms with van der Waals surface area (Å²) in [5.41, 5.74) is -6.03. The van der Waals surface area contributed by atoms with Crippen LogP contribution in [0.25, 0.3) is 0 Å². The number of halogens is 12. The molecule has 0 aromatic carbocycles. The van der Waals surface area contributed by atoms with Crippen molar-refractivity contribution in [2.24, 2.45) is 0 Å². The van der Waals surface area contributed by atoms with Gasteiger partial charge in [0.15, 0.2) is 0 Å². The van der Waals surface area contributed by atoms with Crippen LogP contribution in [0.2, 0.25) is 0 Å². The van der Waals surface area contributed by atoms with Crippen LogP contribution in [0.3, 0.4) is 0 Å². The zero-order chi connectivity index (χ0) is 26.7. The molecule has 0 radical (unpaired) electrons. The first-order valence-corrected chi connectivity index (χ1v) is 12.9. The molecule has 0 saturated heterocycles. The van der Waals surface area contributed by atoms with Gasteiger partial charge in [0.2, 0.25) is 0 Å². The molecule has 0 N–H and O–H groups in total. The highest BCUT2D eigenvalue weighted by atomic mass is 127. The summed E-state index contributed by atoms with van der Waals surface area (Å²) in [6, 6.07) is 0. The van der Waals surface area contributed by atoms with Gasteiger partial charge in [0.05, 0.1) is 0 Å². The molecule has 206 valence electrons. The molecule has 0 aromatic rings. The van der Waals surface area contributed by atoms with E-state index in [-0.39, 0.29) is 12.8 Å². The molecule has 34 heavy (non-hydrogen) atoms. The van der Waals surface area contributed by atoms with Crippen molar-refractivity contribution in [1.82, 2.24) is 0 Å². The molecule has 0 amide bonds. The Morgan fingerprint density at radius 1 is 0.500 bits per heavy atom. The van der Waals surface area contributed by atoms with Crippen LogP contribution < -0.4 is 0 Å². The van der Waals surface area contributed by atoms with Crippen LogP contribution in [-0.4, -0.2) is 33.8 Å². The Labute approximate surface area is 207 Å². The lowest BCUT2D eigenvalue weighted by Crippen LogP contribution is -2.67. The molecule has 0 aliphatic rings. The van der Waals surface area contributed by atoms with E-state index in [4.69, 9.17) is 0 Å². The first-order valence-electron chi connectivity index (χ1n) is 11.7. The summed E-state index contributed by atoms with van der Waals surface area (Å²) in [5, 5.41) is 0. The van der Waals surface area contributed by atoms with Crippen molar-refractivity contribution in [2.75, 3.05) is 0 Å². The third-order valence-corrected chi connectivity index (χ3v) is 6.88. The van der Waals surface area contributed by atoms with Gasteiger partial charge < -0.3 is 0 Å². The number of alkyl halides is 12. The highest BCUT2D eigenvalue weighted by Gasteiger charge is 2.86. The molecule has 0 nitrogen and oxygen atoms in total. The average Bonchev–Trinajstić information content (AvgIpc) is 2.69. The molecule has 0 aromatic heterocycles. The molecule has 2 unspecified atom stereocenters. The minimum absolute atomic E-state index is 0.215. The van der Waals surface area contributed by atoms with Crippen LogP contribution in [0.1, 0.15) is 103 Å². The first-order chi connectivity index (χ1) is 15.5. The van der Waals surface area contributed by atoms with Gasteiger partial charge in [0.1, 0.15) is 0 Å². The quantitative estimate of drug-likeness (QED) is 0.0609. The maximum absolute atomic E-state index is 14.4. The second kappa shape index (κ2) is 14.6. The largest absolute Gasteiger partial charge is 0.460 e. The van der Waals surface area contributed by atoms with E-state index >= 15 is 0 Å². The molecule has 12 heteroatoms. The molecule has 2 atom stereocenters. The van der Waals surface area contributed by atoms with Gasteiger partial charge in [0, 0.05) is 10.3 Å². The summed E-state index contributed by atoms with van der Waals surface area (Å²) in [5.74, 6) is -14.2. The Balaban J connectivity index is 4.50. The fourth-order valence-corrected chi connectivity index (χ4v) is 4.69. The fraction of sp³-hybridized carbons (Fsp3) is 1.00. The maximum atomic E-state index is 14.4. The molecule has 0 aliphatic heterocycles. The summed E-state index contributed by atoms with van der Waals surface area (Å²) in [4.78, 5) is 0. The number of hydrogen-bond acceptors (Lipinski definition) is 0. The topological polar surface area (TPSA) is 0 Å². The van der Waals surface area contributed by atoms with E-state index in [2.05, 4.69) is 6.92 Å². The predicted molar refractivity (Wildman–Crippen MR) is 119 cm³/mol. The lowest BCUT2D eigenvalue weighted by atomic mass is 9.86. The molecule has 0 fully saturated rings. The van der Waals surface area contributed by atoms with Crippen LogP contribution in [0, 0.1) is 0 Å². The van der Waals surface area contributed by atoms with Crippen molar-refractivity contribution in [3.63, 3.8) is 0 Å². The Morgan fingerprint density at radius 3 is 1.18 bits per heavy atom. The van der Waals surface area contributed by atoms with E-state index in [0.29, 0.717) is 12.8 Å². The lowest BCUT2D eigenvalue weighted by Gasteiger charge is -2.40. The van der Waals surface area contributed by atoms with Gasteiger partial charge in [0.25, 0.3) is 5.67 Å². The summed E-state index contributed by atoms with van der Waals surface area (Å²) in [6.07, 6.45) is -3.43.